The summed E-state index contributed by atoms with van der Waals surface area (Å²) in [6.07, 6.45) is 1.52. The van der Waals surface area contributed by atoms with Gasteiger partial charge in [-0.2, -0.15) is 0 Å². The second-order valence-corrected chi connectivity index (χ2v) is 4.89. The van der Waals surface area contributed by atoms with Crippen LogP contribution in [0.25, 0.3) is 0 Å². The minimum Gasteiger partial charge on any atom is -0.458 e. The molecule has 0 radical (unpaired) electrons. The van der Waals surface area contributed by atoms with Crippen LogP contribution in [-0.2, 0) is 9.53 Å². The monoisotopic (exact) mass is 238 g/mol. The Kier molecular flexibility index (Phi) is 3.60. The van der Waals surface area contributed by atoms with E-state index in [2.05, 4.69) is 0 Å². The topological polar surface area (TPSA) is 74.3 Å². The summed E-state index contributed by atoms with van der Waals surface area (Å²) in [4.78, 5) is 23.5. The number of nitrogens with two attached hydrogens (primary N) is 1. The lowest BCUT2D eigenvalue weighted by atomic mass is 10.2. The number of pyridine rings is 1. The lowest BCUT2D eigenvalue weighted by Crippen LogP contribution is -2.34. The Morgan fingerprint density at radius 2 is 2.06 bits per heavy atom. The maximum Gasteiger partial charge on any atom is 0.329 e. The molecule has 0 saturated carbocycles. The van der Waals surface area contributed by atoms with E-state index in [1.165, 1.54) is 16.8 Å². The predicted molar refractivity (Wildman–Crippen MR) is 65.7 cm³/mol. The van der Waals surface area contributed by atoms with Gasteiger partial charge in [0.05, 0.1) is 5.69 Å². The Labute approximate surface area is 100 Å². The van der Waals surface area contributed by atoms with Gasteiger partial charge in [-0.1, -0.05) is 0 Å². The third kappa shape index (κ3) is 3.34. The van der Waals surface area contributed by atoms with Crippen molar-refractivity contribution >= 4 is 11.7 Å². The van der Waals surface area contributed by atoms with Crippen molar-refractivity contribution in [3.8, 4) is 0 Å². The molecule has 5 heteroatoms. The summed E-state index contributed by atoms with van der Waals surface area (Å²) < 4.78 is 6.48. The Hall–Kier alpha value is -1.78. The molecule has 0 spiro atoms. The number of esters is 1. The van der Waals surface area contributed by atoms with Gasteiger partial charge in [-0.15, -0.1) is 0 Å². The van der Waals surface area contributed by atoms with E-state index in [1.807, 2.05) is 0 Å². The summed E-state index contributed by atoms with van der Waals surface area (Å²) in [5, 5.41) is 0. The third-order valence-corrected chi connectivity index (χ3v) is 2.17. The fourth-order valence-corrected chi connectivity index (χ4v) is 1.33. The summed E-state index contributed by atoms with van der Waals surface area (Å²) in [7, 11) is 0. The van der Waals surface area contributed by atoms with Crippen LogP contribution in [0.1, 0.15) is 33.7 Å². The summed E-state index contributed by atoms with van der Waals surface area (Å²) >= 11 is 0. The first-order valence-electron chi connectivity index (χ1n) is 5.42. The van der Waals surface area contributed by atoms with Gasteiger partial charge in [0.1, 0.15) is 11.6 Å². The second kappa shape index (κ2) is 4.61. The quantitative estimate of drug-likeness (QED) is 0.789. The van der Waals surface area contributed by atoms with Crippen LogP contribution in [0.3, 0.4) is 0 Å². The van der Waals surface area contributed by atoms with Crippen molar-refractivity contribution in [2.45, 2.75) is 39.3 Å². The molecule has 1 atom stereocenters. The fraction of sp³-hybridized carbons (Fsp3) is 0.500. The zero-order valence-electron chi connectivity index (χ0n) is 10.6. The average molecular weight is 238 g/mol. The molecular weight excluding hydrogens is 220 g/mol. The largest absolute Gasteiger partial charge is 0.458 e. The van der Waals surface area contributed by atoms with E-state index in [1.54, 1.807) is 33.8 Å². The molecule has 1 aromatic heterocycles. The molecule has 2 N–H and O–H groups in total. The zero-order chi connectivity index (χ0) is 13.2. The van der Waals surface area contributed by atoms with Crippen molar-refractivity contribution in [3.05, 3.63) is 28.7 Å². The summed E-state index contributed by atoms with van der Waals surface area (Å²) in [5.41, 5.74) is 4.66. The van der Waals surface area contributed by atoms with E-state index < -0.39 is 17.6 Å². The molecule has 0 amide bonds. The van der Waals surface area contributed by atoms with E-state index in [0.29, 0.717) is 0 Å². The minimum absolute atomic E-state index is 0.114. The van der Waals surface area contributed by atoms with Gasteiger partial charge in [-0.25, -0.2) is 4.79 Å². The number of anilines is 1. The molecule has 5 nitrogen and oxygen atoms in total. The first kappa shape index (κ1) is 13.3. The number of nitrogen functional groups attached to an aromatic ring is 1. The first-order chi connectivity index (χ1) is 7.72. The number of ether oxygens (including phenoxy) is 1. The van der Waals surface area contributed by atoms with Crippen molar-refractivity contribution in [2.24, 2.45) is 0 Å². The number of nitrogens with zero attached hydrogens (tertiary/aromatic N) is 1. The van der Waals surface area contributed by atoms with E-state index in [-0.39, 0.29) is 11.2 Å². The molecule has 0 aliphatic heterocycles. The molecule has 17 heavy (non-hydrogen) atoms. The van der Waals surface area contributed by atoms with Gasteiger partial charge in [0.2, 0.25) is 0 Å². The Balaban J connectivity index is 2.97. The lowest BCUT2D eigenvalue weighted by Gasteiger charge is -2.23. The predicted octanol–water partition coefficient (Wildman–Crippen LogP) is 1.33. The maximum absolute atomic E-state index is 11.8. The normalized spacial score (nSPS) is 13.2. The molecule has 0 aromatic carbocycles. The number of carbonyl (C=O) groups excluding carboxylic acids is 1. The SMILES string of the molecule is CC(C(=O)OC(C)(C)C)n1cccc(N)c1=O. The van der Waals surface area contributed by atoms with Crippen LogP contribution in [0.15, 0.2) is 23.1 Å². The molecule has 1 heterocycles. The highest BCUT2D eigenvalue weighted by atomic mass is 16.6. The van der Waals surface area contributed by atoms with Gasteiger partial charge in [-0.3, -0.25) is 9.36 Å². The second-order valence-electron chi connectivity index (χ2n) is 4.89. The molecule has 1 aromatic rings. The van der Waals surface area contributed by atoms with E-state index >= 15 is 0 Å². The van der Waals surface area contributed by atoms with E-state index in [4.69, 9.17) is 10.5 Å². The molecule has 0 fully saturated rings. The van der Waals surface area contributed by atoms with Crippen LogP contribution in [0.2, 0.25) is 0 Å². The molecule has 0 bridgehead atoms. The van der Waals surface area contributed by atoms with Crippen molar-refractivity contribution < 1.29 is 9.53 Å². The highest BCUT2D eigenvalue weighted by Gasteiger charge is 2.23. The van der Waals surface area contributed by atoms with Crippen LogP contribution in [-0.4, -0.2) is 16.1 Å². The molecule has 94 valence electrons. The van der Waals surface area contributed by atoms with Gasteiger partial charge < -0.3 is 10.5 Å². The van der Waals surface area contributed by atoms with Crippen LogP contribution in [0.4, 0.5) is 5.69 Å². The smallest absolute Gasteiger partial charge is 0.329 e. The standard InChI is InChI=1S/C12H18N2O3/c1-8(11(16)17-12(2,3)4)14-7-5-6-9(13)10(14)15/h5-8H,13H2,1-4H3. The lowest BCUT2D eigenvalue weighted by molar-refractivity contribution is -0.158. The molecule has 0 aliphatic rings. The molecule has 0 saturated heterocycles. The highest BCUT2D eigenvalue weighted by molar-refractivity contribution is 5.74. The van der Waals surface area contributed by atoms with E-state index in [0.717, 1.165) is 0 Å². The summed E-state index contributed by atoms with van der Waals surface area (Å²) in [6, 6.07) is 2.43. The Morgan fingerprint density at radius 3 is 2.59 bits per heavy atom. The minimum atomic E-state index is -0.690. The number of carbonyl (C=O) groups is 1. The van der Waals surface area contributed by atoms with Crippen LogP contribution in [0.5, 0.6) is 0 Å². The van der Waals surface area contributed by atoms with Gasteiger partial charge in [0, 0.05) is 6.20 Å². The maximum atomic E-state index is 11.8. The molecule has 1 rings (SSSR count). The summed E-state index contributed by atoms with van der Waals surface area (Å²) in [6.45, 7) is 6.94. The number of rotatable bonds is 2. The first-order valence-corrected chi connectivity index (χ1v) is 5.42. The summed E-state index contributed by atoms with van der Waals surface area (Å²) in [5.74, 6) is -0.454. The van der Waals surface area contributed by atoms with Crippen LogP contribution in [0, 0.1) is 0 Å². The molecule has 1 unspecified atom stereocenters. The van der Waals surface area contributed by atoms with Crippen LogP contribution < -0.4 is 11.3 Å². The zero-order valence-corrected chi connectivity index (χ0v) is 10.6. The highest BCUT2D eigenvalue weighted by Crippen LogP contribution is 2.13. The van der Waals surface area contributed by atoms with Crippen molar-refractivity contribution in [2.75, 3.05) is 5.73 Å². The number of hydrogen-bond acceptors (Lipinski definition) is 4. The van der Waals surface area contributed by atoms with Crippen molar-refractivity contribution in [3.63, 3.8) is 0 Å². The van der Waals surface area contributed by atoms with Crippen LogP contribution >= 0.6 is 0 Å². The number of aromatic nitrogens is 1. The van der Waals surface area contributed by atoms with Gasteiger partial charge in [0.25, 0.3) is 5.56 Å². The molecular formula is C12H18N2O3. The van der Waals surface area contributed by atoms with Gasteiger partial charge in [0.15, 0.2) is 0 Å². The fourth-order valence-electron chi connectivity index (χ4n) is 1.33. The van der Waals surface area contributed by atoms with Gasteiger partial charge in [-0.05, 0) is 39.8 Å². The molecule has 0 aliphatic carbocycles. The van der Waals surface area contributed by atoms with E-state index in [9.17, 15) is 9.59 Å². The average Bonchev–Trinajstić information content (AvgIpc) is 2.18. The Bertz CT molecular complexity index is 471. The third-order valence-electron chi connectivity index (χ3n) is 2.17. The number of hydrogen-bond donors (Lipinski definition) is 1. The van der Waals surface area contributed by atoms with Gasteiger partial charge >= 0.3 is 5.97 Å². The van der Waals surface area contributed by atoms with Crippen molar-refractivity contribution in [1.29, 1.82) is 0 Å². The Morgan fingerprint density at radius 1 is 1.47 bits per heavy atom. The van der Waals surface area contributed by atoms with Crippen molar-refractivity contribution in [1.82, 2.24) is 4.57 Å².